The average molecular weight is 557 g/mol. The van der Waals surface area contributed by atoms with Crippen LogP contribution in [-0.4, -0.2) is 79.2 Å². The van der Waals surface area contributed by atoms with Gasteiger partial charge in [0.15, 0.2) is 11.5 Å². The molecule has 0 aliphatic carbocycles. The van der Waals surface area contributed by atoms with Crippen molar-refractivity contribution in [2.75, 3.05) is 52.6 Å². The maximum atomic E-state index is 13.4. The molecule has 2 heterocycles. The Labute approximate surface area is 235 Å². The lowest BCUT2D eigenvalue weighted by Crippen LogP contribution is -2.42. The number of nitrogens with zero attached hydrogens (tertiary/aromatic N) is 2. The molecular weight excluding hydrogens is 520 g/mol. The summed E-state index contributed by atoms with van der Waals surface area (Å²) in [6.07, 6.45) is 0.899. The molecule has 0 radical (unpaired) electrons. The maximum absolute atomic E-state index is 13.4. The second-order valence-electron chi connectivity index (χ2n) is 10.1. The fourth-order valence-electron chi connectivity index (χ4n) is 4.78. The van der Waals surface area contributed by atoms with Crippen molar-refractivity contribution in [3.8, 4) is 11.5 Å². The fourth-order valence-corrected chi connectivity index (χ4v) is 4.91. The SMILES string of the molecule is CCOc1cc(C2/C(=C(\O)c3ccc(Cl)cc3)C(=O)C(=O)N2CCN2CCOCC2)ccc1OCCC(C)C. The summed E-state index contributed by atoms with van der Waals surface area (Å²) in [5, 5.41) is 11.8. The lowest BCUT2D eigenvalue weighted by molar-refractivity contribution is -0.140. The van der Waals surface area contributed by atoms with Crippen LogP contribution in [0.15, 0.2) is 48.0 Å². The molecule has 1 atom stereocenters. The molecule has 2 aliphatic rings. The first-order valence-electron chi connectivity index (χ1n) is 13.5. The number of morpholine rings is 1. The summed E-state index contributed by atoms with van der Waals surface area (Å²) >= 11 is 6.04. The average Bonchev–Trinajstić information content (AvgIpc) is 3.18. The highest BCUT2D eigenvalue weighted by Crippen LogP contribution is 2.42. The molecule has 0 saturated carbocycles. The summed E-state index contributed by atoms with van der Waals surface area (Å²) in [7, 11) is 0. The number of aliphatic hydroxyl groups excluding tert-OH is 1. The summed E-state index contributed by atoms with van der Waals surface area (Å²) < 4.78 is 17.3. The molecular formula is C30H37ClN2O6. The van der Waals surface area contributed by atoms with Gasteiger partial charge in [0.25, 0.3) is 11.7 Å². The van der Waals surface area contributed by atoms with Crippen molar-refractivity contribution in [2.24, 2.45) is 5.92 Å². The number of hydrogen-bond donors (Lipinski definition) is 1. The van der Waals surface area contributed by atoms with Gasteiger partial charge in [-0.05, 0) is 61.2 Å². The number of ketones is 1. The molecule has 9 heteroatoms. The lowest BCUT2D eigenvalue weighted by Gasteiger charge is -2.31. The second kappa shape index (κ2) is 13.3. The molecule has 2 aromatic carbocycles. The number of halogens is 1. The van der Waals surface area contributed by atoms with Crippen LogP contribution < -0.4 is 9.47 Å². The fraction of sp³-hybridized carbons (Fsp3) is 0.467. The zero-order chi connectivity index (χ0) is 27.9. The number of ether oxygens (including phenoxy) is 3. The molecule has 1 unspecified atom stereocenters. The molecule has 1 N–H and O–H groups in total. The number of amides is 1. The van der Waals surface area contributed by atoms with Crippen LogP contribution in [0.2, 0.25) is 5.02 Å². The van der Waals surface area contributed by atoms with Gasteiger partial charge in [0, 0.05) is 36.8 Å². The predicted octanol–water partition coefficient (Wildman–Crippen LogP) is 4.92. The monoisotopic (exact) mass is 556 g/mol. The first-order chi connectivity index (χ1) is 18.8. The smallest absolute Gasteiger partial charge is 0.295 e. The molecule has 2 saturated heterocycles. The van der Waals surface area contributed by atoms with Gasteiger partial charge in [-0.1, -0.05) is 31.5 Å². The standard InChI is InChI=1S/C30H37ClN2O6/c1-4-38-25-19-22(7-10-24(25)39-16-11-20(2)3)27-26(28(34)21-5-8-23(31)9-6-21)29(35)30(36)33(27)13-12-32-14-17-37-18-15-32/h5-10,19-20,27,34H,4,11-18H2,1-3H3/b28-26+. The zero-order valence-electron chi connectivity index (χ0n) is 22.8. The van der Waals surface area contributed by atoms with Crippen molar-refractivity contribution in [1.29, 1.82) is 0 Å². The van der Waals surface area contributed by atoms with E-state index in [4.69, 9.17) is 25.8 Å². The highest BCUT2D eigenvalue weighted by Gasteiger charge is 2.46. The van der Waals surface area contributed by atoms with E-state index in [1.165, 1.54) is 0 Å². The number of Topliss-reactive ketones (excluding diaryl/α,β-unsaturated/α-hetero) is 1. The molecule has 8 nitrogen and oxygen atoms in total. The van der Waals surface area contributed by atoms with Crippen LogP contribution in [0.3, 0.4) is 0 Å². The number of carbonyl (C=O) groups excluding carboxylic acids is 2. The van der Waals surface area contributed by atoms with Crippen molar-refractivity contribution in [1.82, 2.24) is 9.80 Å². The van der Waals surface area contributed by atoms with Crippen molar-refractivity contribution in [3.63, 3.8) is 0 Å². The van der Waals surface area contributed by atoms with Gasteiger partial charge in [-0.2, -0.15) is 0 Å². The molecule has 2 fully saturated rings. The van der Waals surface area contributed by atoms with E-state index in [9.17, 15) is 14.7 Å². The molecule has 0 aromatic heterocycles. The third-order valence-corrected chi connectivity index (χ3v) is 7.21. The van der Waals surface area contributed by atoms with Crippen LogP contribution in [0, 0.1) is 5.92 Å². The Morgan fingerprint density at radius 1 is 1.05 bits per heavy atom. The van der Waals surface area contributed by atoms with E-state index in [2.05, 4.69) is 18.7 Å². The van der Waals surface area contributed by atoms with Gasteiger partial charge < -0.3 is 24.2 Å². The Hall–Kier alpha value is -3.07. The molecule has 2 aliphatic heterocycles. The predicted molar refractivity (Wildman–Crippen MR) is 150 cm³/mol. The first-order valence-corrected chi connectivity index (χ1v) is 13.9. The molecule has 0 bridgehead atoms. The topological polar surface area (TPSA) is 88.5 Å². The molecule has 4 rings (SSSR count). The van der Waals surface area contributed by atoms with E-state index < -0.39 is 17.7 Å². The van der Waals surface area contributed by atoms with Gasteiger partial charge >= 0.3 is 0 Å². The van der Waals surface area contributed by atoms with Crippen LogP contribution in [0.4, 0.5) is 0 Å². The third kappa shape index (κ3) is 6.93. The number of rotatable bonds is 11. The maximum Gasteiger partial charge on any atom is 0.295 e. The van der Waals surface area contributed by atoms with Gasteiger partial charge in [0.1, 0.15) is 5.76 Å². The minimum atomic E-state index is -0.786. The van der Waals surface area contributed by atoms with Gasteiger partial charge in [-0.25, -0.2) is 0 Å². The molecule has 1 amide bonds. The van der Waals surface area contributed by atoms with E-state index in [1.807, 2.05) is 25.1 Å². The summed E-state index contributed by atoms with van der Waals surface area (Å²) in [4.78, 5) is 30.5. The van der Waals surface area contributed by atoms with Crippen LogP contribution in [0.5, 0.6) is 11.5 Å². The third-order valence-electron chi connectivity index (χ3n) is 6.95. The summed E-state index contributed by atoms with van der Waals surface area (Å²) in [5.74, 6) is 0.0369. The van der Waals surface area contributed by atoms with E-state index in [1.54, 1.807) is 29.2 Å². The molecule has 0 spiro atoms. The largest absolute Gasteiger partial charge is 0.507 e. The normalized spacial score (nSPS) is 19.6. The van der Waals surface area contributed by atoms with Gasteiger partial charge in [0.2, 0.25) is 0 Å². The highest BCUT2D eigenvalue weighted by molar-refractivity contribution is 6.46. The minimum Gasteiger partial charge on any atom is -0.507 e. The minimum absolute atomic E-state index is 0.0419. The van der Waals surface area contributed by atoms with Crippen molar-refractivity contribution in [3.05, 3.63) is 64.2 Å². The zero-order valence-corrected chi connectivity index (χ0v) is 23.6. The number of hydrogen-bond acceptors (Lipinski definition) is 7. The van der Waals surface area contributed by atoms with Crippen LogP contribution in [-0.2, 0) is 14.3 Å². The number of carbonyl (C=O) groups is 2. The van der Waals surface area contributed by atoms with E-state index in [0.717, 1.165) is 19.5 Å². The Bertz CT molecular complexity index is 1190. The van der Waals surface area contributed by atoms with Crippen LogP contribution in [0.1, 0.15) is 44.4 Å². The molecule has 210 valence electrons. The van der Waals surface area contributed by atoms with Crippen molar-refractivity contribution in [2.45, 2.75) is 33.2 Å². The van der Waals surface area contributed by atoms with Crippen LogP contribution in [0.25, 0.3) is 5.76 Å². The van der Waals surface area contributed by atoms with Crippen molar-refractivity contribution >= 4 is 29.1 Å². The van der Waals surface area contributed by atoms with Gasteiger partial charge in [-0.15, -0.1) is 0 Å². The van der Waals surface area contributed by atoms with E-state index in [-0.39, 0.29) is 11.3 Å². The Morgan fingerprint density at radius 3 is 2.44 bits per heavy atom. The molecule has 2 aromatic rings. The number of benzene rings is 2. The van der Waals surface area contributed by atoms with Crippen molar-refractivity contribution < 1.29 is 28.9 Å². The lowest BCUT2D eigenvalue weighted by atomic mass is 9.95. The summed E-state index contributed by atoms with van der Waals surface area (Å²) in [6, 6.07) is 11.2. The highest BCUT2D eigenvalue weighted by atomic mass is 35.5. The first kappa shape index (κ1) is 28.9. The molecule has 39 heavy (non-hydrogen) atoms. The second-order valence-corrected chi connectivity index (χ2v) is 10.6. The van der Waals surface area contributed by atoms with Crippen LogP contribution >= 0.6 is 11.6 Å². The number of aliphatic hydroxyl groups is 1. The Balaban J connectivity index is 1.73. The van der Waals surface area contributed by atoms with Gasteiger partial charge in [0.05, 0.1) is 38.0 Å². The summed E-state index contributed by atoms with van der Waals surface area (Å²) in [5.41, 5.74) is 1.11. The number of likely N-dealkylation sites (tertiary alicyclic amines) is 1. The Morgan fingerprint density at radius 2 is 1.77 bits per heavy atom. The van der Waals surface area contributed by atoms with E-state index >= 15 is 0 Å². The van der Waals surface area contributed by atoms with Gasteiger partial charge in [-0.3, -0.25) is 14.5 Å². The quantitative estimate of drug-likeness (QED) is 0.239. The summed E-state index contributed by atoms with van der Waals surface area (Å²) in [6.45, 7) is 10.8. The Kier molecular flexibility index (Phi) is 9.88. The van der Waals surface area contributed by atoms with E-state index in [0.29, 0.717) is 73.1 Å².